The Labute approximate surface area is 108 Å². The summed E-state index contributed by atoms with van der Waals surface area (Å²) < 4.78 is 10.2. The molecule has 0 saturated carbocycles. The summed E-state index contributed by atoms with van der Waals surface area (Å²) in [6.07, 6.45) is 6.21. The Kier molecular flexibility index (Phi) is 5.13. The number of likely N-dealkylation sites (tertiary alicyclic amines) is 1. The lowest BCUT2D eigenvalue weighted by Gasteiger charge is -2.34. The topological polar surface area (TPSA) is 51.4 Å². The van der Waals surface area contributed by atoms with Crippen LogP contribution >= 0.6 is 0 Å². The molecule has 0 radical (unpaired) electrons. The van der Waals surface area contributed by atoms with Crippen LogP contribution in [-0.2, 0) is 11.3 Å². The van der Waals surface area contributed by atoms with Crippen molar-refractivity contribution in [2.45, 2.75) is 51.6 Å². The van der Waals surface area contributed by atoms with E-state index in [4.69, 9.17) is 9.26 Å². The van der Waals surface area contributed by atoms with Crippen molar-refractivity contribution in [2.24, 2.45) is 0 Å². The Bertz CT molecular complexity index is 354. The summed E-state index contributed by atoms with van der Waals surface area (Å²) in [5, 5.41) is 3.99. The summed E-state index contributed by atoms with van der Waals surface area (Å²) >= 11 is 0. The van der Waals surface area contributed by atoms with Crippen molar-refractivity contribution in [3.8, 4) is 0 Å². The van der Waals surface area contributed by atoms with E-state index in [1.807, 2.05) is 6.92 Å². The summed E-state index contributed by atoms with van der Waals surface area (Å²) in [6, 6.07) is 0.646. The molecule has 2 rings (SSSR count). The highest BCUT2D eigenvalue weighted by Gasteiger charge is 2.23. The summed E-state index contributed by atoms with van der Waals surface area (Å²) in [5.74, 6) is 1.46. The fourth-order valence-corrected chi connectivity index (χ4v) is 2.65. The molecule has 1 saturated heterocycles. The third kappa shape index (κ3) is 3.78. The Morgan fingerprint density at radius 3 is 3.06 bits per heavy atom. The molecular weight excluding hydrogens is 230 g/mol. The lowest BCUT2D eigenvalue weighted by molar-refractivity contribution is 0.113. The van der Waals surface area contributed by atoms with E-state index in [9.17, 15) is 0 Å². The zero-order valence-electron chi connectivity index (χ0n) is 11.4. The molecule has 0 aliphatic carbocycles. The highest BCUT2D eigenvalue weighted by molar-refractivity contribution is 4.87. The molecule has 1 aromatic heterocycles. The van der Waals surface area contributed by atoms with Crippen LogP contribution in [0.25, 0.3) is 0 Å². The second kappa shape index (κ2) is 6.85. The monoisotopic (exact) mass is 253 g/mol. The third-order valence-corrected chi connectivity index (χ3v) is 3.55. The van der Waals surface area contributed by atoms with Crippen LogP contribution in [-0.4, -0.2) is 41.3 Å². The van der Waals surface area contributed by atoms with E-state index < -0.39 is 0 Å². The van der Waals surface area contributed by atoms with Gasteiger partial charge in [-0.1, -0.05) is 11.6 Å². The Hall–Kier alpha value is -0.940. The van der Waals surface area contributed by atoms with Gasteiger partial charge < -0.3 is 9.26 Å². The first-order valence-electron chi connectivity index (χ1n) is 6.82. The van der Waals surface area contributed by atoms with E-state index in [1.54, 1.807) is 7.11 Å². The van der Waals surface area contributed by atoms with Crippen molar-refractivity contribution in [1.29, 1.82) is 0 Å². The van der Waals surface area contributed by atoms with Crippen molar-refractivity contribution in [2.75, 3.05) is 20.3 Å². The maximum atomic E-state index is 5.13. The van der Waals surface area contributed by atoms with Gasteiger partial charge in [-0.05, 0) is 32.2 Å². The second-order valence-corrected chi connectivity index (χ2v) is 4.98. The maximum Gasteiger partial charge on any atom is 0.223 e. The van der Waals surface area contributed by atoms with Crippen LogP contribution in [0.4, 0.5) is 0 Å². The number of hydrogen-bond acceptors (Lipinski definition) is 5. The van der Waals surface area contributed by atoms with Gasteiger partial charge in [0.2, 0.25) is 5.89 Å². The predicted molar refractivity (Wildman–Crippen MR) is 68.2 cm³/mol. The molecule has 2 heterocycles. The van der Waals surface area contributed by atoms with E-state index in [0.717, 1.165) is 31.9 Å². The van der Waals surface area contributed by atoms with Gasteiger partial charge in [-0.15, -0.1) is 0 Å². The van der Waals surface area contributed by atoms with Gasteiger partial charge in [0, 0.05) is 26.7 Å². The van der Waals surface area contributed by atoms with Gasteiger partial charge in [-0.3, -0.25) is 4.90 Å². The minimum atomic E-state index is 0.646. The lowest BCUT2D eigenvalue weighted by Crippen LogP contribution is -2.39. The van der Waals surface area contributed by atoms with Crippen LogP contribution in [0.2, 0.25) is 0 Å². The molecule has 0 spiro atoms. The minimum Gasteiger partial charge on any atom is -0.385 e. The van der Waals surface area contributed by atoms with Crippen LogP contribution in [0.5, 0.6) is 0 Å². The molecule has 1 aliphatic rings. The molecule has 0 unspecified atom stereocenters. The van der Waals surface area contributed by atoms with E-state index in [0.29, 0.717) is 11.9 Å². The number of rotatable bonds is 6. The number of piperidine rings is 1. The molecule has 5 heteroatoms. The first kappa shape index (κ1) is 13.5. The number of nitrogens with zero attached hydrogens (tertiary/aromatic N) is 3. The molecular formula is C13H23N3O2. The summed E-state index contributed by atoms with van der Waals surface area (Å²) in [5.41, 5.74) is 0. The molecule has 1 aromatic rings. The van der Waals surface area contributed by atoms with Gasteiger partial charge >= 0.3 is 0 Å². The first-order valence-corrected chi connectivity index (χ1v) is 6.82. The maximum absolute atomic E-state index is 5.13. The van der Waals surface area contributed by atoms with E-state index in [2.05, 4.69) is 15.0 Å². The summed E-state index contributed by atoms with van der Waals surface area (Å²) in [6.45, 7) is 4.65. The molecule has 0 aromatic carbocycles. The van der Waals surface area contributed by atoms with Crippen LogP contribution in [0.1, 0.15) is 43.8 Å². The molecule has 1 aliphatic heterocycles. The van der Waals surface area contributed by atoms with Crippen LogP contribution in [0.15, 0.2) is 4.52 Å². The smallest absolute Gasteiger partial charge is 0.223 e. The molecule has 102 valence electrons. The largest absolute Gasteiger partial charge is 0.385 e. The average Bonchev–Trinajstić information content (AvgIpc) is 2.77. The molecule has 5 nitrogen and oxygen atoms in total. The number of methoxy groups -OCH3 is 1. The third-order valence-electron chi connectivity index (χ3n) is 3.55. The first-order chi connectivity index (χ1) is 8.79. The number of aryl methyl sites for hydroxylation is 1. The highest BCUT2D eigenvalue weighted by atomic mass is 16.5. The van der Waals surface area contributed by atoms with E-state index in [-0.39, 0.29) is 0 Å². The summed E-state index contributed by atoms with van der Waals surface area (Å²) in [7, 11) is 1.76. The number of ether oxygens (including phenoxy) is 1. The normalized spacial score (nSPS) is 21.3. The lowest BCUT2D eigenvalue weighted by atomic mass is 9.98. The quantitative estimate of drug-likeness (QED) is 0.727. The van der Waals surface area contributed by atoms with Crippen molar-refractivity contribution in [1.82, 2.24) is 15.0 Å². The predicted octanol–water partition coefficient (Wildman–Crippen LogP) is 2.16. The fraction of sp³-hybridized carbons (Fsp3) is 0.846. The van der Waals surface area contributed by atoms with Gasteiger partial charge in [0.1, 0.15) is 0 Å². The van der Waals surface area contributed by atoms with Gasteiger partial charge in [0.25, 0.3) is 0 Å². The van der Waals surface area contributed by atoms with E-state index >= 15 is 0 Å². The zero-order chi connectivity index (χ0) is 12.8. The molecule has 0 bridgehead atoms. The van der Waals surface area contributed by atoms with Crippen LogP contribution < -0.4 is 0 Å². The molecule has 18 heavy (non-hydrogen) atoms. The average molecular weight is 253 g/mol. The van der Waals surface area contributed by atoms with Gasteiger partial charge in [0.15, 0.2) is 5.82 Å². The Balaban J connectivity index is 1.86. The highest BCUT2D eigenvalue weighted by Crippen LogP contribution is 2.22. The Morgan fingerprint density at radius 2 is 2.33 bits per heavy atom. The van der Waals surface area contributed by atoms with Crippen molar-refractivity contribution >= 4 is 0 Å². The minimum absolute atomic E-state index is 0.646. The standard InChI is InChI=1S/C13H23N3O2/c1-11-14-13(15-18-11)10-16-8-4-3-6-12(16)7-5-9-17-2/h12H,3-10H2,1-2H3/t12-/m0/s1. The van der Waals surface area contributed by atoms with Gasteiger partial charge in [0.05, 0.1) is 6.54 Å². The zero-order valence-corrected chi connectivity index (χ0v) is 11.4. The van der Waals surface area contributed by atoms with Gasteiger partial charge in [-0.2, -0.15) is 4.98 Å². The molecule has 1 fully saturated rings. The molecule has 1 atom stereocenters. The van der Waals surface area contributed by atoms with Crippen molar-refractivity contribution in [3.05, 3.63) is 11.7 Å². The van der Waals surface area contributed by atoms with Crippen molar-refractivity contribution in [3.63, 3.8) is 0 Å². The summed E-state index contributed by atoms with van der Waals surface area (Å²) in [4.78, 5) is 6.78. The number of aromatic nitrogens is 2. The fourth-order valence-electron chi connectivity index (χ4n) is 2.65. The molecule has 0 N–H and O–H groups in total. The SMILES string of the molecule is COCCC[C@@H]1CCCCN1Cc1noc(C)n1. The van der Waals surface area contributed by atoms with Gasteiger partial charge in [-0.25, -0.2) is 0 Å². The number of hydrogen-bond donors (Lipinski definition) is 0. The van der Waals surface area contributed by atoms with Crippen molar-refractivity contribution < 1.29 is 9.26 Å². The molecule has 0 amide bonds. The van der Waals surface area contributed by atoms with E-state index in [1.165, 1.54) is 25.7 Å². The van der Waals surface area contributed by atoms with Crippen LogP contribution in [0, 0.1) is 6.92 Å². The second-order valence-electron chi connectivity index (χ2n) is 4.98. The van der Waals surface area contributed by atoms with Crippen LogP contribution in [0.3, 0.4) is 0 Å². The Morgan fingerprint density at radius 1 is 1.44 bits per heavy atom.